The summed E-state index contributed by atoms with van der Waals surface area (Å²) in [7, 11) is 1.49. The van der Waals surface area contributed by atoms with E-state index >= 15 is 0 Å². The molecule has 1 aromatic heterocycles. The van der Waals surface area contributed by atoms with E-state index in [-0.39, 0.29) is 11.3 Å². The average molecular weight is 388 g/mol. The number of methoxy groups -OCH3 is 1. The number of non-ortho nitro benzene ring substituents is 1. The maximum atomic E-state index is 12.6. The van der Waals surface area contributed by atoms with Crippen molar-refractivity contribution < 1.29 is 14.5 Å². The molecule has 0 atom stereocenters. The lowest BCUT2D eigenvalue weighted by atomic mass is 10.2. The van der Waals surface area contributed by atoms with Crippen molar-refractivity contribution in [2.45, 2.75) is 0 Å². The lowest BCUT2D eigenvalue weighted by Gasteiger charge is -2.10. The summed E-state index contributed by atoms with van der Waals surface area (Å²) < 4.78 is 6.92. The van der Waals surface area contributed by atoms with Crippen LogP contribution in [0.4, 0.5) is 11.4 Å². The Morgan fingerprint density at radius 1 is 1.17 bits per heavy atom. The molecule has 0 aliphatic carbocycles. The number of hydrogen-bond acceptors (Lipinski definition) is 5. The van der Waals surface area contributed by atoms with Crippen molar-refractivity contribution in [2.75, 3.05) is 12.4 Å². The molecule has 3 rings (SSSR count). The maximum absolute atomic E-state index is 12.6. The normalized spacial score (nSPS) is 10.8. The van der Waals surface area contributed by atoms with Crippen molar-refractivity contribution in [1.29, 1.82) is 5.26 Å². The second-order valence-corrected chi connectivity index (χ2v) is 5.90. The van der Waals surface area contributed by atoms with Gasteiger partial charge >= 0.3 is 0 Å². The highest BCUT2D eigenvalue weighted by molar-refractivity contribution is 6.10. The van der Waals surface area contributed by atoms with Crippen LogP contribution in [-0.4, -0.2) is 22.5 Å². The molecule has 0 bridgehead atoms. The van der Waals surface area contributed by atoms with E-state index in [2.05, 4.69) is 5.32 Å². The third-order valence-corrected chi connectivity index (χ3v) is 4.13. The van der Waals surface area contributed by atoms with Crippen LogP contribution in [0.1, 0.15) is 5.69 Å². The van der Waals surface area contributed by atoms with Gasteiger partial charge in [-0.3, -0.25) is 14.9 Å². The number of anilines is 1. The van der Waals surface area contributed by atoms with Crippen LogP contribution in [0.3, 0.4) is 0 Å². The molecule has 0 radical (unpaired) electrons. The predicted octanol–water partition coefficient (Wildman–Crippen LogP) is 3.94. The van der Waals surface area contributed by atoms with Crippen LogP contribution in [0.5, 0.6) is 5.75 Å². The van der Waals surface area contributed by atoms with Crippen molar-refractivity contribution in [3.63, 3.8) is 0 Å². The minimum Gasteiger partial charge on any atom is -0.495 e. The largest absolute Gasteiger partial charge is 0.495 e. The Hall–Kier alpha value is -4.38. The first kappa shape index (κ1) is 19.4. The molecule has 8 heteroatoms. The van der Waals surface area contributed by atoms with Gasteiger partial charge in [0.15, 0.2) is 0 Å². The number of nitrogens with one attached hydrogen (secondary N) is 1. The Labute approximate surface area is 166 Å². The number of nitriles is 1. The van der Waals surface area contributed by atoms with Gasteiger partial charge in [-0.05, 0) is 42.5 Å². The summed E-state index contributed by atoms with van der Waals surface area (Å²) in [5, 5.41) is 22.9. The van der Waals surface area contributed by atoms with Gasteiger partial charge in [-0.15, -0.1) is 0 Å². The maximum Gasteiger partial charge on any atom is 0.269 e. The molecule has 0 spiro atoms. The molecule has 0 saturated carbocycles. The second kappa shape index (κ2) is 8.54. The zero-order valence-electron chi connectivity index (χ0n) is 15.4. The molecule has 1 amide bonds. The number of amides is 1. The first-order valence-corrected chi connectivity index (χ1v) is 8.52. The van der Waals surface area contributed by atoms with Crippen molar-refractivity contribution in [1.82, 2.24) is 4.57 Å². The Kier molecular flexibility index (Phi) is 5.71. The van der Waals surface area contributed by atoms with E-state index < -0.39 is 10.8 Å². The number of hydrogen-bond donors (Lipinski definition) is 1. The van der Waals surface area contributed by atoms with E-state index in [0.717, 1.165) is 0 Å². The van der Waals surface area contributed by atoms with Crippen LogP contribution >= 0.6 is 0 Å². The monoisotopic (exact) mass is 388 g/mol. The molecule has 1 heterocycles. The SMILES string of the molecule is COc1ccccc1NC(=O)/C(C#N)=C/c1cccn1-c1ccc([N+](=O)[O-])cc1. The van der Waals surface area contributed by atoms with E-state index in [9.17, 15) is 20.2 Å². The zero-order chi connectivity index (χ0) is 20.8. The van der Waals surface area contributed by atoms with Gasteiger partial charge in [-0.25, -0.2) is 0 Å². The van der Waals surface area contributed by atoms with Crippen LogP contribution < -0.4 is 10.1 Å². The van der Waals surface area contributed by atoms with Gasteiger partial charge in [-0.1, -0.05) is 12.1 Å². The van der Waals surface area contributed by atoms with Crippen molar-refractivity contribution in [3.05, 3.63) is 88.2 Å². The molecule has 0 aliphatic heterocycles. The standard InChI is InChI=1S/C21H16N4O4/c1-29-20-7-3-2-6-19(20)23-21(26)15(14-22)13-18-5-4-12-24(18)16-8-10-17(11-9-16)25(27)28/h2-13H,1H3,(H,23,26)/b15-13+. The number of ether oxygens (including phenoxy) is 1. The number of nitro groups is 1. The van der Waals surface area contributed by atoms with E-state index in [0.29, 0.717) is 22.8 Å². The predicted molar refractivity (Wildman–Crippen MR) is 108 cm³/mol. The first-order valence-electron chi connectivity index (χ1n) is 8.52. The van der Waals surface area contributed by atoms with Crippen LogP contribution in [-0.2, 0) is 4.79 Å². The van der Waals surface area contributed by atoms with Crippen LogP contribution in [0.15, 0.2) is 72.4 Å². The van der Waals surface area contributed by atoms with E-state index in [1.54, 1.807) is 59.3 Å². The lowest BCUT2D eigenvalue weighted by Crippen LogP contribution is -2.14. The van der Waals surface area contributed by atoms with Crippen molar-refractivity contribution in [3.8, 4) is 17.5 Å². The molecule has 8 nitrogen and oxygen atoms in total. The fraction of sp³-hybridized carbons (Fsp3) is 0.0476. The summed E-state index contributed by atoms with van der Waals surface area (Å²) in [5.41, 5.74) is 1.57. The van der Waals surface area contributed by atoms with Gasteiger partial charge in [0.2, 0.25) is 0 Å². The topological polar surface area (TPSA) is 110 Å². The van der Waals surface area contributed by atoms with Crippen molar-refractivity contribution >= 4 is 23.4 Å². The van der Waals surface area contributed by atoms with Gasteiger partial charge in [0, 0.05) is 29.7 Å². The molecule has 0 aliphatic rings. The quantitative estimate of drug-likeness (QED) is 0.298. The number of nitrogens with zero attached hydrogens (tertiary/aromatic N) is 3. The highest BCUT2D eigenvalue weighted by Crippen LogP contribution is 2.24. The summed E-state index contributed by atoms with van der Waals surface area (Å²) in [6, 6.07) is 18.2. The number of benzene rings is 2. The van der Waals surface area contributed by atoms with Gasteiger partial charge in [-0.2, -0.15) is 5.26 Å². The summed E-state index contributed by atoms with van der Waals surface area (Å²) in [6.45, 7) is 0. The first-order chi connectivity index (χ1) is 14.0. The molecule has 2 aromatic carbocycles. The molecule has 29 heavy (non-hydrogen) atoms. The fourth-order valence-electron chi connectivity index (χ4n) is 2.72. The number of carbonyl (C=O) groups excluding carboxylic acids is 1. The zero-order valence-corrected chi connectivity index (χ0v) is 15.4. The summed E-state index contributed by atoms with van der Waals surface area (Å²) >= 11 is 0. The van der Waals surface area contributed by atoms with Gasteiger partial charge < -0.3 is 14.6 Å². The van der Waals surface area contributed by atoms with Gasteiger partial charge in [0.05, 0.1) is 17.7 Å². The number of aromatic nitrogens is 1. The number of rotatable bonds is 6. The molecular weight excluding hydrogens is 372 g/mol. The minimum atomic E-state index is -0.576. The Morgan fingerprint density at radius 3 is 2.55 bits per heavy atom. The highest BCUT2D eigenvalue weighted by atomic mass is 16.6. The molecule has 3 aromatic rings. The Balaban J connectivity index is 1.89. The van der Waals surface area contributed by atoms with Crippen LogP contribution in [0.2, 0.25) is 0 Å². The van der Waals surface area contributed by atoms with E-state index in [1.807, 2.05) is 6.07 Å². The highest BCUT2D eigenvalue weighted by Gasteiger charge is 2.14. The lowest BCUT2D eigenvalue weighted by molar-refractivity contribution is -0.384. The van der Waals surface area contributed by atoms with Crippen LogP contribution in [0.25, 0.3) is 11.8 Å². The minimum absolute atomic E-state index is 0.0214. The molecule has 0 saturated heterocycles. The average Bonchev–Trinajstić information content (AvgIpc) is 3.20. The Morgan fingerprint density at radius 2 is 1.90 bits per heavy atom. The third kappa shape index (κ3) is 4.31. The fourth-order valence-corrected chi connectivity index (χ4v) is 2.72. The Bertz CT molecular complexity index is 1120. The number of para-hydroxylation sites is 2. The molecule has 144 valence electrons. The number of carbonyl (C=O) groups is 1. The summed E-state index contributed by atoms with van der Waals surface area (Å²) in [5.74, 6) is -0.0964. The number of nitro benzene ring substituents is 1. The van der Waals surface area contributed by atoms with Crippen LogP contribution in [0, 0.1) is 21.4 Å². The third-order valence-electron chi connectivity index (χ3n) is 4.13. The molecule has 0 unspecified atom stereocenters. The molecular formula is C21H16N4O4. The summed E-state index contributed by atoms with van der Waals surface area (Å²) in [4.78, 5) is 22.9. The van der Waals surface area contributed by atoms with Gasteiger partial charge in [0.1, 0.15) is 17.4 Å². The smallest absolute Gasteiger partial charge is 0.269 e. The molecule has 0 fully saturated rings. The second-order valence-electron chi connectivity index (χ2n) is 5.90. The van der Waals surface area contributed by atoms with Gasteiger partial charge in [0.25, 0.3) is 11.6 Å². The van der Waals surface area contributed by atoms with E-state index in [1.165, 1.54) is 25.3 Å². The van der Waals surface area contributed by atoms with Crippen molar-refractivity contribution in [2.24, 2.45) is 0 Å². The molecule has 1 N–H and O–H groups in total. The van der Waals surface area contributed by atoms with E-state index in [4.69, 9.17) is 4.74 Å². The summed E-state index contributed by atoms with van der Waals surface area (Å²) in [6.07, 6.45) is 3.19.